The maximum atomic E-state index is 10.9. The molecule has 21 heavy (non-hydrogen) atoms. The monoisotopic (exact) mass is 285 g/mol. The molecule has 0 saturated heterocycles. The maximum Gasteiger partial charge on any atom is 0.298 e. The molecule has 1 N–H and O–H groups in total. The van der Waals surface area contributed by atoms with Crippen molar-refractivity contribution in [1.82, 2.24) is 15.0 Å². The summed E-state index contributed by atoms with van der Waals surface area (Å²) >= 11 is 0. The first-order valence-electron chi connectivity index (χ1n) is 6.20. The van der Waals surface area contributed by atoms with Crippen LogP contribution in [0.4, 0.5) is 11.7 Å². The van der Waals surface area contributed by atoms with Crippen molar-refractivity contribution in [1.29, 1.82) is 0 Å². The summed E-state index contributed by atoms with van der Waals surface area (Å²) in [7, 11) is 0. The molecular formula is C13H11N5O3. The predicted octanol–water partition coefficient (Wildman–Crippen LogP) is 2.45. The molecule has 0 radical (unpaired) electrons. The number of nitrogens with zero attached hydrogens (tertiary/aromatic N) is 4. The number of aromatic nitrogens is 3. The average molecular weight is 285 g/mol. The Balaban J connectivity index is 1.85. The molecule has 0 unspecified atom stereocenters. The highest BCUT2D eigenvalue weighted by atomic mass is 16.6. The predicted molar refractivity (Wildman–Crippen MR) is 74.8 cm³/mol. The summed E-state index contributed by atoms with van der Waals surface area (Å²) in [6.07, 6.45) is 1.66. The van der Waals surface area contributed by atoms with E-state index >= 15 is 0 Å². The Morgan fingerprint density at radius 2 is 2.19 bits per heavy atom. The van der Waals surface area contributed by atoms with E-state index in [9.17, 15) is 10.1 Å². The van der Waals surface area contributed by atoms with Gasteiger partial charge < -0.3 is 9.73 Å². The molecule has 0 aliphatic heterocycles. The standard InChI is InChI=1S/C13H11N5O3/c1-8-14-6-5-9(16-8)7-15-13-17-12-10(18(19)20)3-2-4-11(12)21-13/h2-6H,7H2,1H3,(H,15,17). The smallest absolute Gasteiger partial charge is 0.298 e. The second-order valence-corrected chi connectivity index (χ2v) is 4.35. The molecule has 0 bridgehead atoms. The van der Waals surface area contributed by atoms with Gasteiger partial charge in [-0.1, -0.05) is 6.07 Å². The van der Waals surface area contributed by atoms with Crippen molar-refractivity contribution in [2.45, 2.75) is 13.5 Å². The molecule has 0 spiro atoms. The van der Waals surface area contributed by atoms with Gasteiger partial charge in [-0.15, -0.1) is 0 Å². The number of aryl methyl sites for hydroxylation is 1. The van der Waals surface area contributed by atoms with Crippen LogP contribution in [0.2, 0.25) is 0 Å². The van der Waals surface area contributed by atoms with Gasteiger partial charge in [-0.25, -0.2) is 9.97 Å². The zero-order valence-electron chi connectivity index (χ0n) is 11.1. The van der Waals surface area contributed by atoms with Gasteiger partial charge in [0.05, 0.1) is 17.2 Å². The first-order valence-corrected chi connectivity index (χ1v) is 6.20. The van der Waals surface area contributed by atoms with E-state index in [1.54, 1.807) is 31.3 Å². The number of anilines is 1. The molecule has 8 heteroatoms. The Labute approximate surface area is 119 Å². The lowest BCUT2D eigenvalue weighted by atomic mass is 10.3. The van der Waals surface area contributed by atoms with Gasteiger partial charge in [-0.05, 0) is 19.1 Å². The van der Waals surface area contributed by atoms with Crippen molar-refractivity contribution in [2.24, 2.45) is 0 Å². The molecular weight excluding hydrogens is 274 g/mol. The summed E-state index contributed by atoms with van der Waals surface area (Å²) in [6, 6.07) is 6.57. The summed E-state index contributed by atoms with van der Waals surface area (Å²) in [5.74, 6) is 0.669. The van der Waals surface area contributed by atoms with E-state index in [0.29, 0.717) is 18.0 Å². The van der Waals surface area contributed by atoms with Crippen LogP contribution >= 0.6 is 0 Å². The maximum absolute atomic E-state index is 10.9. The van der Waals surface area contributed by atoms with E-state index < -0.39 is 4.92 Å². The van der Waals surface area contributed by atoms with Crippen LogP contribution in [0.1, 0.15) is 11.5 Å². The first kappa shape index (κ1) is 13.0. The van der Waals surface area contributed by atoms with Crippen LogP contribution in [-0.2, 0) is 6.54 Å². The molecule has 3 rings (SSSR count). The van der Waals surface area contributed by atoms with E-state index in [1.165, 1.54) is 6.07 Å². The third-order valence-electron chi connectivity index (χ3n) is 2.85. The number of non-ortho nitro benzene ring substituents is 1. The van der Waals surface area contributed by atoms with E-state index in [1.807, 2.05) is 0 Å². The minimum Gasteiger partial charge on any atom is -0.423 e. The third-order valence-corrected chi connectivity index (χ3v) is 2.85. The summed E-state index contributed by atoms with van der Waals surface area (Å²) in [4.78, 5) is 22.8. The number of nitro benzene ring substituents is 1. The number of hydrogen-bond acceptors (Lipinski definition) is 7. The Morgan fingerprint density at radius 3 is 2.95 bits per heavy atom. The normalized spacial score (nSPS) is 10.7. The number of para-hydroxylation sites is 1. The fraction of sp³-hybridized carbons (Fsp3) is 0.154. The van der Waals surface area contributed by atoms with Gasteiger partial charge in [0.25, 0.3) is 11.7 Å². The number of fused-ring (bicyclic) bond motifs is 1. The number of oxazole rings is 1. The molecule has 3 aromatic rings. The lowest BCUT2D eigenvalue weighted by molar-refractivity contribution is -0.383. The zero-order chi connectivity index (χ0) is 14.8. The second kappa shape index (κ2) is 5.16. The highest BCUT2D eigenvalue weighted by Crippen LogP contribution is 2.27. The number of benzene rings is 1. The molecule has 0 aliphatic rings. The highest BCUT2D eigenvalue weighted by molar-refractivity contribution is 5.83. The summed E-state index contributed by atoms with van der Waals surface area (Å²) in [5.41, 5.74) is 1.29. The Hall–Kier alpha value is -3.03. The molecule has 1 aromatic carbocycles. The highest BCUT2D eigenvalue weighted by Gasteiger charge is 2.17. The van der Waals surface area contributed by atoms with Crippen LogP contribution in [0.15, 0.2) is 34.9 Å². The summed E-state index contributed by atoms with van der Waals surface area (Å²) in [5, 5.41) is 13.9. The molecule has 0 saturated carbocycles. The van der Waals surface area contributed by atoms with Crippen molar-refractivity contribution < 1.29 is 9.34 Å². The first-order chi connectivity index (χ1) is 10.1. The van der Waals surface area contributed by atoms with E-state index in [0.717, 1.165) is 5.69 Å². The minimum absolute atomic E-state index is 0.0813. The largest absolute Gasteiger partial charge is 0.423 e. The van der Waals surface area contributed by atoms with Gasteiger partial charge in [0.1, 0.15) is 5.82 Å². The van der Waals surface area contributed by atoms with Crippen LogP contribution in [0.5, 0.6) is 0 Å². The van der Waals surface area contributed by atoms with Crippen molar-refractivity contribution in [2.75, 3.05) is 5.32 Å². The Bertz CT molecular complexity index is 814. The van der Waals surface area contributed by atoms with Gasteiger partial charge in [-0.2, -0.15) is 4.98 Å². The van der Waals surface area contributed by atoms with Crippen LogP contribution in [0.25, 0.3) is 11.1 Å². The van der Waals surface area contributed by atoms with Crippen molar-refractivity contribution >= 4 is 22.8 Å². The van der Waals surface area contributed by atoms with E-state index in [2.05, 4.69) is 20.3 Å². The molecule has 106 valence electrons. The number of nitrogens with one attached hydrogen (secondary N) is 1. The summed E-state index contributed by atoms with van der Waals surface area (Å²) < 4.78 is 5.44. The van der Waals surface area contributed by atoms with Gasteiger partial charge in [0.15, 0.2) is 11.1 Å². The van der Waals surface area contributed by atoms with E-state index in [-0.39, 0.29) is 17.2 Å². The lowest BCUT2D eigenvalue weighted by Gasteiger charge is -2.01. The average Bonchev–Trinajstić information content (AvgIpc) is 2.87. The zero-order valence-corrected chi connectivity index (χ0v) is 11.1. The Morgan fingerprint density at radius 1 is 1.33 bits per heavy atom. The quantitative estimate of drug-likeness (QED) is 0.579. The molecule has 0 aliphatic carbocycles. The molecule has 2 heterocycles. The molecule has 0 atom stereocenters. The fourth-order valence-corrected chi connectivity index (χ4v) is 1.93. The van der Waals surface area contributed by atoms with Gasteiger partial charge in [0, 0.05) is 12.3 Å². The van der Waals surface area contributed by atoms with E-state index in [4.69, 9.17) is 4.42 Å². The second-order valence-electron chi connectivity index (χ2n) is 4.35. The Kier molecular flexibility index (Phi) is 3.19. The van der Waals surface area contributed by atoms with Crippen LogP contribution < -0.4 is 5.32 Å². The SMILES string of the molecule is Cc1nccc(CNc2nc3c([N+](=O)[O-])cccc3o2)n1. The molecule has 0 fully saturated rings. The molecule has 0 amide bonds. The van der Waals surface area contributed by atoms with Crippen molar-refractivity contribution in [3.63, 3.8) is 0 Å². The van der Waals surface area contributed by atoms with Crippen LogP contribution in [0.3, 0.4) is 0 Å². The van der Waals surface area contributed by atoms with Gasteiger partial charge in [0.2, 0.25) is 0 Å². The third kappa shape index (κ3) is 2.64. The van der Waals surface area contributed by atoms with Crippen LogP contribution in [-0.4, -0.2) is 19.9 Å². The summed E-state index contributed by atoms with van der Waals surface area (Å²) in [6.45, 7) is 2.19. The van der Waals surface area contributed by atoms with Crippen molar-refractivity contribution in [3.05, 3.63) is 52.1 Å². The minimum atomic E-state index is -0.484. The molecule has 8 nitrogen and oxygen atoms in total. The van der Waals surface area contributed by atoms with Gasteiger partial charge in [-0.3, -0.25) is 10.1 Å². The van der Waals surface area contributed by atoms with Crippen molar-refractivity contribution in [3.8, 4) is 0 Å². The van der Waals surface area contributed by atoms with Gasteiger partial charge >= 0.3 is 0 Å². The topological polar surface area (TPSA) is 107 Å². The van der Waals surface area contributed by atoms with Crippen LogP contribution in [0, 0.1) is 17.0 Å². The number of hydrogen-bond donors (Lipinski definition) is 1. The lowest BCUT2D eigenvalue weighted by Crippen LogP contribution is -2.03. The number of rotatable bonds is 4. The fourth-order valence-electron chi connectivity index (χ4n) is 1.93. The molecule has 2 aromatic heterocycles. The number of nitro groups is 1.